The van der Waals surface area contributed by atoms with Gasteiger partial charge in [0, 0.05) is 35.0 Å². The van der Waals surface area contributed by atoms with Crippen molar-refractivity contribution >= 4 is 52.9 Å². The van der Waals surface area contributed by atoms with Crippen molar-refractivity contribution in [3.8, 4) is 40.5 Å². The van der Waals surface area contributed by atoms with Crippen LogP contribution in [0, 0.1) is 34.5 Å². The quantitative estimate of drug-likeness (QED) is 0.0569. The van der Waals surface area contributed by atoms with Crippen LogP contribution in [0.1, 0.15) is 57.4 Å². The first kappa shape index (κ1) is 47.5. The van der Waals surface area contributed by atoms with Gasteiger partial charge in [0.05, 0.1) is 36.2 Å². The Bertz CT molecular complexity index is 2240. The van der Waals surface area contributed by atoms with Crippen LogP contribution in [0.5, 0.6) is 5.75 Å². The number of carbonyl (C=O) groups excluding carboxylic acids is 4. The Morgan fingerprint density at radius 2 is 1.39 bits per heavy atom. The van der Waals surface area contributed by atoms with Crippen LogP contribution >= 0.6 is 23.4 Å². The van der Waals surface area contributed by atoms with E-state index in [1.165, 1.54) is 18.0 Å². The smallest absolute Gasteiger partial charge is 0.308 e. The topological polar surface area (TPSA) is 285 Å². The minimum Gasteiger partial charge on any atom is -0.490 e. The van der Waals surface area contributed by atoms with E-state index in [-0.39, 0.29) is 84.3 Å². The van der Waals surface area contributed by atoms with E-state index >= 15 is 0 Å². The molecule has 61 heavy (non-hydrogen) atoms. The van der Waals surface area contributed by atoms with Gasteiger partial charge in [-0.25, -0.2) is 9.97 Å². The summed E-state index contributed by atoms with van der Waals surface area (Å²) in [5, 5.41) is 26.4. The van der Waals surface area contributed by atoms with E-state index in [0.717, 1.165) is 5.56 Å². The summed E-state index contributed by atoms with van der Waals surface area (Å²) in [5.41, 5.74) is 20.2. The van der Waals surface area contributed by atoms with Gasteiger partial charge in [0.2, 0.25) is 17.7 Å². The largest absolute Gasteiger partial charge is 0.490 e. The standard InChI is InChI=1S/C42H48ClN9O8S/c1-23(2)36(46)39(55)49-15-13-33(53)58-21-30(60-34(54)14-16-50-40(56)37(47)24(3)4)20-57-29-11-7-25(8-12-29)35-31(17-44)38(48)52-42(32(35)18-45)61-22-28-19-59-41(51-28)26-5-9-27(43)10-6-26/h5-12,19,23-24,30,36-37H,13-16,20-22,46-47H2,1-4H3,(H2,48,52)(H,49,55)(H,50,56). The summed E-state index contributed by atoms with van der Waals surface area (Å²) >= 11 is 7.20. The number of anilines is 1. The monoisotopic (exact) mass is 873 g/mol. The van der Waals surface area contributed by atoms with Crippen molar-refractivity contribution in [2.75, 3.05) is 32.0 Å². The zero-order chi connectivity index (χ0) is 44.6. The maximum atomic E-state index is 12.8. The van der Waals surface area contributed by atoms with E-state index in [1.54, 1.807) is 76.2 Å². The molecule has 322 valence electrons. The molecule has 2 heterocycles. The highest BCUT2D eigenvalue weighted by molar-refractivity contribution is 7.98. The van der Waals surface area contributed by atoms with Gasteiger partial charge in [-0.05, 0) is 53.8 Å². The Morgan fingerprint density at radius 1 is 0.820 bits per heavy atom. The number of pyridine rings is 1. The summed E-state index contributed by atoms with van der Waals surface area (Å²) in [4.78, 5) is 58.6. The molecule has 0 aliphatic rings. The fourth-order valence-corrected chi connectivity index (χ4v) is 6.37. The van der Waals surface area contributed by atoms with Crippen molar-refractivity contribution in [1.29, 1.82) is 10.5 Å². The third kappa shape index (κ3) is 13.9. The molecule has 0 aliphatic heterocycles. The molecule has 0 radical (unpaired) electrons. The van der Waals surface area contributed by atoms with Gasteiger partial charge in [-0.1, -0.05) is 63.2 Å². The summed E-state index contributed by atoms with van der Waals surface area (Å²) in [6.07, 6.45) is 0.0691. The minimum absolute atomic E-state index is 0.0124. The molecular weight excluding hydrogens is 826 g/mol. The zero-order valence-electron chi connectivity index (χ0n) is 34.1. The molecule has 2 amide bonds. The number of aromatic nitrogens is 2. The molecule has 4 rings (SSSR count). The number of hydrogen-bond donors (Lipinski definition) is 5. The van der Waals surface area contributed by atoms with Crippen LogP contribution in [0.15, 0.2) is 64.2 Å². The maximum absolute atomic E-state index is 12.8. The average Bonchev–Trinajstić information content (AvgIpc) is 3.72. The molecule has 2 aromatic carbocycles. The molecular formula is C42H48ClN9O8S. The van der Waals surface area contributed by atoms with Gasteiger partial charge in [-0.15, -0.1) is 0 Å². The average molecular weight is 874 g/mol. The summed E-state index contributed by atoms with van der Waals surface area (Å²) in [6, 6.07) is 16.2. The second-order valence-electron chi connectivity index (χ2n) is 14.3. The van der Waals surface area contributed by atoms with E-state index in [4.69, 9.17) is 47.4 Å². The van der Waals surface area contributed by atoms with E-state index in [0.29, 0.717) is 27.9 Å². The fraction of sp³-hybridized carbons (Fsp3) is 0.381. The molecule has 4 aromatic rings. The number of halogens is 1. The predicted molar refractivity (Wildman–Crippen MR) is 227 cm³/mol. The lowest BCUT2D eigenvalue weighted by atomic mass is 9.97. The number of hydrogen-bond acceptors (Lipinski definition) is 16. The maximum Gasteiger partial charge on any atom is 0.308 e. The van der Waals surface area contributed by atoms with Crippen molar-refractivity contribution in [3.05, 3.63) is 76.6 Å². The molecule has 17 nitrogen and oxygen atoms in total. The Labute approximate surface area is 362 Å². The third-order valence-corrected chi connectivity index (χ3v) is 10.3. The summed E-state index contributed by atoms with van der Waals surface area (Å²) in [5.74, 6) is -1.46. The molecule has 0 spiro atoms. The van der Waals surface area contributed by atoms with Gasteiger partial charge < -0.3 is 46.5 Å². The van der Waals surface area contributed by atoms with E-state index in [1.807, 2.05) is 0 Å². The highest BCUT2D eigenvalue weighted by Crippen LogP contribution is 2.37. The van der Waals surface area contributed by atoms with Crippen molar-refractivity contribution in [1.82, 2.24) is 20.6 Å². The lowest BCUT2D eigenvalue weighted by Crippen LogP contribution is -2.44. The first-order chi connectivity index (χ1) is 29.1. The number of rotatable bonds is 21. The van der Waals surface area contributed by atoms with Crippen molar-refractivity contribution in [2.45, 2.75) is 69.5 Å². The lowest BCUT2D eigenvalue weighted by Gasteiger charge is -2.20. The van der Waals surface area contributed by atoms with Crippen LogP contribution in [0.25, 0.3) is 22.6 Å². The van der Waals surface area contributed by atoms with Crippen LogP contribution < -0.4 is 32.6 Å². The Balaban J connectivity index is 1.44. The van der Waals surface area contributed by atoms with Crippen LogP contribution in [-0.4, -0.2) is 78.2 Å². The van der Waals surface area contributed by atoms with Gasteiger partial charge in [-0.3, -0.25) is 19.2 Å². The molecule has 2 aromatic heterocycles. The number of oxazole rings is 1. The van der Waals surface area contributed by atoms with Gasteiger partial charge in [0.25, 0.3) is 0 Å². The van der Waals surface area contributed by atoms with Crippen LogP contribution in [0.3, 0.4) is 0 Å². The Morgan fingerprint density at radius 3 is 1.97 bits per heavy atom. The van der Waals surface area contributed by atoms with E-state index < -0.39 is 41.9 Å². The van der Waals surface area contributed by atoms with Crippen molar-refractivity contribution in [3.63, 3.8) is 0 Å². The summed E-state index contributed by atoms with van der Waals surface area (Å²) < 4.78 is 22.5. The number of nitrogens with zero attached hydrogens (tertiary/aromatic N) is 4. The normalized spacial score (nSPS) is 12.4. The first-order valence-electron chi connectivity index (χ1n) is 19.2. The number of carbonyl (C=O) groups is 4. The van der Waals surface area contributed by atoms with Crippen molar-refractivity contribution in [2.24, 2.45) is 23.3 Å². The first-order valence-corrected chi connectivity index (χ1v) is 20.6. The Kier molecular flexibility index (Phi) is 17.9. The number of benzene rings is 2. The predicted octanol–water partition coefficient (Wildman–Crippen LogP) is 4.49. The molecule has 0 saturated carbocycles. The number of ether oxygens (including phenoxy) is 3. The van der Waals surface area contributed by atoms with E-state index in [9.17, 15) is 29.7 Å². The number of thioether (sulfide) groups is 1. The number of nitrogen functional groups attached to an aromatic ring is 1. The number of esters is 2. The SMILES string of the molecule is CC(C)C(N)C(=O)NCCC(=O)OCC(COc1ccc(-c2c(C#N)c(N)nc(SCc3coc(-c4ccc(Cl)cc4)n3)c2C#N)cc1)OC(=O)CCNC(=O)C(N)C(C)C. The van der Waals surface area contributed by atoms with Gasteiger partial charge in [0.15, 0.2) is 6.10 Å². The summed E-state index contributed by atoms with van der Waals surface area (Å²) in [7, 11) is 0. The van der Waals surface area contributed by atoms with Crippen molar-refractivity contribution < 1.29 is 37.8 Å². The van der Waals surface area contributed by atoms with Gasteiger partial charge in [-0.2, -0.15) is 10.5 Å². The van der Waals surface area contributed by atoms with Gasteiger partial charge >= 0.3 is 11.9 Å². The van der Waals surface area contributed by atoms with Gasteiger partial charge in [0.1, 0.15) is 53.8 Å². The Hall–Kier alpha value is -6.18. The van der Waals surface area contributed by atoms with Crippen LogP contribution in [0.4, 0.5) is 5.82 Å². The molecule has 3 unspecified atom stereocenters. The third-order valence-electron chi connectivity index (χ3n) is 9.02. The lowest BCUT2D eigenvalue weighted by molar-refractivity contribution is -0.160. The number of nitrogens with one attached hydrogen (secondary N) is 2. The summed E-state index contributed by atoms with van der Waals surface area (Å²) in [6.45, 7) is 6.52. The molecule has 0 aliphatic carbocycles. The number of nitriles is 2. The minimum atomic E-state index is -1.07. The molecule has 0 saturated heterocycles. The second kappa shape index (κ2) is 23.0. The molecule has 0 fully saturated rings. The fourth-order valence-electron chi connectivity index (χ4n) is 5.37. The highest BCUT2D eigenvalue weighted by atomic mass is 35.5. The molecule has 19 heteroatoms. The number of nitrogens with two attached hydrogens (primary N) is 3. The van der Waals surface area contributed by atoms with Crippen LogP contribution in [-0.2, 0) is 34.4 Å². The number of amides is 2. The van der Waals surface area contributed by atoms with E-state index in [2.05, 4.69) is 32.7 Å². The molecule has 8 N–H and O–H groups in total. The second-order valence-corrected chi connectivity index (χ2v) is 15.7. The zero-order valence-corrected chi connectivity index (χ0v) is 35.7. The highest BCUT2D eigenvalue weighted by Gasteiger charge is 2.24. The van der Waals surface area contributed by atoms with Crippen LogP contribution in [0.2, 0.25) is 5.02 Å². The molecule has 3 atom stereocenters. The molecule has 0 bridgehead atoms.